The van der Waals surface area contributed by atoms with E-state index >= 15 is 0 Å². The summed E-state index contributed by atoms with van der Waals surface area (Å²) in [5.41, 5.74) is 12.2. The first-order valence-corrected chi connectivity index (χ1v) is 5.99. The van der Waals surface area contributed by atoms with Gasteiger partial charge in [0.25, 0.3) is 0 Å². The molecule has 5 heteroatoms. The Bertz CT molecular complexity index is 357. The summed E-state index contributed by atoms with van der Waals surface area (Å²) in [6.07, 6.45) is 1.28. The largest absolute Gasteiger partial charge is 0.480 e. The van der Waals surface area contributed by atoms with E-state index in [0.717, 1.165) is 5.56 Å². The average Bonchev–Trinajstić information content (AvgIpc) is 2.37. The van der Waals surface area contributed by atoms with E-state index in [1.165, 1.54) is 0 Å². The molecule has 0 saturated carbocycles. The van der Waals surface area contributed by atoms with Gasteiger partial charge in [-0.2, -0.15) is 0 Å². The van der Waals surface area contributed by atoms with E-state index in [0.29, 0.717) is 25.9 Å². The third-order valence-corrected chi connectivity index (χ3v) is 2.63. The molecule has 0 aliphatic heterocycles. The van der Waals surface area contributed by atoms with Gasteiger partial charge in [0.05, 0.1) is 6.61 Å². The van der Waals surface area contributed by atoms with E-state index in [-0.39, 0.29) is 6.23 Å². The highest BCUT2D eigenvalue weighted by Gasteiger charge is 2.11. The molecule has 1 unspecified atom stereocenters. The van der Waals surface area contributed by atoms with Crippen molar-refractivity contribution in [1.82, 2.24) is 0 Å². The minimum atomic E-state index is -0.978. The van der Waals surface area contributed by atoms with Gasteiger partial charge in [0.15, 0.2) is 0 Å². The number of ether oxygens (including phenoxy) is 1. The Labute approximate surface area is 107 Å². The number of benzene rings is 1. The van der Waals surface area contributed by atoms with Crippen LogP contribution in [0.25, 0.3) is 0 Å². The van der Waals surface area contributed by atoms with Gasteiger partial charge in [-0.25, -0.2) is 0 Å². The lowest BCUT2D eigenvalue weighted by Crippen LogP contribution is -2.31. The normalized spacial score (nSPS) is 14.1. The Kier molecular flexibility index (Phi) is 6.35. The monoisotopic (exact) mass is 252 g/mol. The molecule has 0 fully saturated rings. The molecule has 18 heavy (non-hydrogen) atoms. The summed E-state index contributed by atoms with van der Waals surface area (Å²) < 4.78 is 5.46. The van der Waals surface area contributed by atoms with E-state index < -0.39 is 12.0 Å². The van der Waals surface area contributed by atoms with E-state index in [9.17, 15) is 4.79 Å². The maximum atomic E-state index is 10.5. The molecule has 0 aromatic heterocycles. The van der Waals surface area contributed by atoms with Crippen molar-refractivity contribution >= 4 is 5.97 Å². The number of hydrogen-bond donors (Lipinski definition) is 3. The Balaban J connectivity index is 2.14. The zero-order chi connectivity index (χ0) is 13.4. The topological polar surface area (TPSA) is 98.6 Å². The molecule has 100 valence electrons. The van der Waals surface area contributed by atoms with E-state index in [1.807, 2.05) is 30.3 Å². The maximum Gasteiger partial charge on any atom is 0.320 e. The quantitative estimate of drug-likeness (QED) is 0.601. The molecule has 2 atom stereocenters. The van der Waals surface area contributed by atoms with Gasteiger partial charge < -0.3 is 21.3 Å². The molecule has 0 radical (unpaired) electrons. The SMILES string of the molecule is NC(CCC[C@H](N)C(=O)O)OCc1ccccc1. The van der Waals surface area contributed by atoms with Crippen LogP contribution in [0.1, 0.15) is 24.8 Å². The number of aliphatic carboxylic acids is 1. The fraction of sp³-hybridized carbons (Fsp3) is 0.462. The molecule has 0 aliphatic carbocycles. The summed E-state index contributed by atoms with van der Waals surface area (Å²) in [7, 11) is 0. The second-order valence-electron chi connectivity index (χ2n) is 4.21. The molecule has 0 bridgehead atoms. The van der Waals surface area contributed by atoms with E-state index in [4.69, 9.17) is 21.3 Å². The predicted octanol–water partition coefficient (Wildman–Crippen LogP) is 1.07. The van der Waals surface area contributed by atoms with Gasteiger partial charge in [-0.1, -0.05) is 30.3 Å². The molecule has 0 saturated heterocycles. The number of rotatable bonds is 8. The molecule has 0 aliphatic rings. The molecule has 5 nitrogen and oxygen atoms in total. The third kappa shape index (κ3) is 5.77. The van der Waals surface area contributed by atoms with Crippen LogP contribution >= 0.6 is 0 Å². The number of hydrogen-bond acceptors (Lipinski definition) is 4. The van der Waals surface area contributed by atoms with E-state index in [1.54, 1.807) is 0 Å². The average molecular weight is 252 g/mol. The zero-order valence-corrected chi connectivity index (χ0v) is 10.3. The van der Waals surface area contributed by atoms with E-state index in [2.05, 4.69) is 0 Å². The standard InChI is InChI=1S/C13H20N2O3/c14-11(13(16)17)7-4-8-12(15)18-9-10-5-2-1-3-6-10/h1-3,5-6,11-12H,4,7-9,14-15H2,(H,16,17)/t11-,12?/m0/s1. The zero-order valence-electron chi connectivity index (χ0n) is 10.3. The Morgan fingerprint density at radius 2 is 1.89 bits per heavy atom. The highest BCUT2D eigenvalue weighted by molar-refractivity contribution is 5.72. The number of carbonyl (C=O) groups is 1. The molecule has 5 N–H and O–H groups in total. The van der Waals surface area contributed by atoms with Crippen molar-refractivity contribution in [3.63, 3.8) is 0 Å². The number of nitrogens with two attached hydrogens (primary N) is 2. The fourth-order valence-corrected chi connectivity index (χ4v) is 1.52. The molecule has 1 aromatic carbocycles. The van der Waals surface area contributed by atoms with Crippen LogP contribution in [0.5, 0.6) is 0 Å². The minimum Gasteiger partial charge on any atom is -0.480 e. The summed E-state index contributed by atoms with van der Waals surface area (Å²) in [5.74, 6) is -0.978. The van der Waals surface area contributed by atoms with Crippen LogP contribution < -0.4 is 11.5 Å². The van der Waals surface area contributed by atoms with Crippen LogP contribution in [0.3, 0.4) is 0 Å². The molecule has 0 spiro atoms. The Morgan fingerprint density at radius 1 is 1.22 bits per heavy atom. The van der Waals surface area contributed by atoms with Crippen molar-refractivity contribution < 1.29 is 14.6 Å². The third-order valence-electron chi connectivity index (χ3n) is 2.63. The molecule has 0 amide bonds. The highest BCUT2D eigenvalue weighted by atomic mass is 16.5. The number of carboxylic acids is 1. The molecule has 1 aromatic rings. The van der Waals surface area contributed by atoms with Crippen LogP contribution in [0.15, 0.2) is 30.3 Å². The van der Waals surface area contributed by atoms with Crippen LogP contribution in [0.4, 0.5) is 0 Å². The molecule has 0 heterocycles. The summed E-state index contributed by atoms with van der Waals surface area (Å²) in [6.45, 7) is 0.465. The second kappa shape index (κ2) is 7.81. The van der Waals surface area contributed by atoms with Crippen molar-refractivity contribution in [3.8, 4) is 0 Å². The van der Waals surface area contributed by atoms with Gasteiger partial charge >= 0.3 is 5.97 Å². The van der Waals surface area contributed by atoms with Crippen molar-refractivity contribution in [2.75, 3.05) is 0 Å². The molecule has 1 rings (SSSR count). The van der Waals surface area contributed by atoms with Crippen molar-refractivity contribution in [3.05, 3.63) is 35.9 Å². The first kappa shape index (κ1) is 14.6. The maximum absolute atomic E-state index is 10.5. The fourth-order valence-electron chi connectivity index (χ4n) is 1.52. The first-order valence-electron chi connectivity index (χ1n) is 5.99. The molecular formula is C13H20N2O3. The van der Waals surface area contributed by atoms with Gasteiger partial charge in [-0.3, -0.25) is 4.79 Å². The highest BCUT2D eigenvalue weighted by Crippen LogP contribution is 2.06. The van der Waals surface area contributed by atoms with Crippen molar-refractivity contribution in [2.45, 2.75) is 38.1 Å². The van der Waals surface area contributed by atoms with Gasteiger partial charge in [0.1, 0.15) is 12.3 Å². The summed E-state index contributed by atoms with van der Waals surface area (Å²) >= 11 is 0. The summed E-state index contributed by atoms with van der Waals surface area (Å²) in [6, 6.07) is 8.94. The lowest BCUT2D eigenvalue weighted by molar-refractivity contribution is -0.138. The Morgan fingerprint density at radius 3 is 2.50 bits per heavy atom. The predicted molar refractivity (Wildman–Crippen MR) is 68.7 cm³/mol. The summed E-state index contributed by atoms with van der Waals surface area (Å²) in [4.78, 5) is 10.5. The van der Waals surface area contributed by atoms with Gasteiger partial charge in [0.2, 0.25) is 0 Å². The minimum absolute atomic E-state index is 0.383. The van der Waals surface area contributed by atoms with Gasteiger partial charge in [-0.05, 0) is 24.8 Å². The van der Waals surface area contributed by atoms with Gasteiger partial charge in [-0.15, -0.1) is 0 Å². The first-order chi connectivity index (χ1) is 8.59. The Hall–Kier alpha value is -1.43. The second-order valence-corrected chi connectivity index (χ2v) is 4.21. The van der Waals surface area contributed by atoms with Crippen LogP contribution in [0.2, 0.25) is 0 Å². The van der Waals surface area contributed by atoms with Crippen molar-refractivity contribution in [2.24, 2.45) is 11.5 Å². The van der Waals surface area contributed by atoms with Crippen molar-refractivity contribution in [1.29, 1.82) is 0 Å². The van der Waals surface area contributed by atoms with Crippen LogP contribution in [-0.4, -0.2) is 23.3 Å². The van der Waals surface area contributed by atoms with Gasteiger partial charge in [0, 0.05) is 0 Å². The lowest BCUT2D eigenvalue weighted by Gasteiger charge is -2.13. The lowest BCUT2D eigenvalue weighted by atomic mass is 10.1. The van der Waals surface area contributed by atoms with Crippen LogP contribution in [0, 0.1) is 0 Å². The number of carboxylic acid groups (broad SMARTS) is 1. The van der Waals surface area contributed by atoms with Crippen LogP contribution in [-0.2, 0) is 16.1 Å². The summed E-state index contributed by atoms with van der Waals surface area (Å²) in [5, 5.41) is 8.61. The molecular weight excluding hydrogens is 232 g/mol. The smallest absolute Gasteiger partial charge is 0.320 e.